The van der Waals surface area contributed by atoms with Gasteiger partial charge in [0.25, 0.3) is 0 Å². The summed E-state index contributed by atoms with van der Waals surface area (Å²) in [5.74, 6) is -1.45. The van der Waals surface area contributed by atoms with Crippen LogP contribution in [-0.2, 0) is 4.79 Å². The fraction of sp³-hybridized carbons (Fsp3) is 0.235. The second kappa shape index (κ2) is 5.21. The van der Waals surface area contributed by atoms with Crippen molar-refractivity contribution in [3.63, 3.8) is 0 Å². The van der Waals surface area contributed by atoms with Crippen molar-refractivity contribution in [2.24, 2.45) is 0 Å². The zero-order valence-electron chi connectivity index (χ0n) is 11.7. The highest BCUT2D eigenvalue weighted by Gasteiger charge is 2.43. The van der Waals surface area contributed by atoms with E-state index in [9.17, 15) is 20.1 Å². The van der Waals surface area contributed by atoms with E-state index in [0.29, 0.717) is 5.56 Å². The highest BCUT2D eigenvalue weighted by Crippen LogP contribution is 2.34. The van der Waals surface area contributed by atoms with Gasteiger partial charge in [-0.25, -0.2) is 4.79 Å². The Labute approximate surface area is 126 Å². The standard InChI is InChI=1S/C17H16O5/c18-14-9-17(22,16(20)21)8-13(15(14)19)12-6-5-10-3-1-2-4-11(10)7-12/h1-8,14-15,18-19,22H,9H2,(H,20,21)/t14-,15-,17+/m1/s1. The van der Waals surface area contributed by atoms with Gasteiger partial charge in [-0.2, -0.15) is 0 Å². The molecule has 0 amide bonds. The van der Waals surface area contributed by atoms with Crippen molar-refractivity contribution in [1.29, 1.82) is 0 Å². The molecule has 114 valence electrons. The molecule has 0 aliphatic heterocycles. The van der Waals surface area contributed by atoms with E-state index in [1.165, 1.54) is 0 Å². The summed E-state index contributed by atoms with van der Waals surface area (Å²) in [4.78, 5) is 11.2. The number of hydrogen-bond donors (Lipinski definition) is 4. The summed E-state index contributed by atoms with van der Waals surface area (Å²) < 4.78 is 0. The third kappa shape index (κ3) is 2.39. The Kier molecular flexibility index (Phi) is 3.48. The molecule has 3 rings (SSSR count). The molecule has 5 nitrogen and oxygen atoms in total. The summed E-state index contributed by atoms with van der Waals surface area (Å²) >= 11 is 0. The molecule has 0 radical (unpaired) electrons. The fourth-order valence-electron chi connectivity index (χ4n) is 2.81. The Morgan fingerprint density at radius 1 is 1.09 bits per heavy atom. The molecule has 1 aliphatic rings. The van der Waals surface area contributed by atoms with E-state index >= 15 is 0 Å². The largest absolute Gasteiger partial charge is 0.479 e. The number of hydrogen-bond acceptors (Lipinski definition) is 4. The van der Waals surface area contributed by atoms with Crippen molar-refractivity contribution in [2.75, 3.05) is 0 Å². The van der Waals surface area contributed by atoms with Crippen LogP contribution in [0, 0.1) is 0 Å². The summed E-state index contributed by atoms with van der Waals surface area (Å²) in [5.41, 5.74) is -1.39. The zero-order valence-corrected chi connectivity index (χ0v) is 11.7. The summed E-state index contributed by atoms with van der Waals surface area (Å²) in [6.07, 6.45) is -1.90. The van der Waals surface area contributed by atoms with Gasteiger partial charge >= 0.3 is 5.97 Å². The van der Waals surface area contributed by atoms with Gasteiger partial charge in [0.15, 0.2) is 5.60 Å². The fourth-order valence-corrected chi connectivity index (χ4v) is 2.81. The average molecular weight is 300 g/mol. The van der Waals surface area contributed by atoms with E-state index in [-0.39, 0.29) is 5.57 Å². The minimum atomic E-state index is -2.18. The number of aliphatic hydroxyl groups is 3. The maximum atomic E-state index is 11.2. The Morgan fingerprint density at radius 2 is 1.77 bits per heavy atom. The highest BCUT2D eigenvalue weighted by atomic mass is 16.4. The van der Waals surface area contributed by atoms with Crippen LogP contribution >= 0.6 is 0 Å². The Balaban J connectivity index is 2.13. The molecule has 3 atom stereocenters. The van der Waals surface area contributed by atoms with Crippen molar-refractivity contribution < 1.29 is 25.2 Å². The molecule has 0 bridgehead atoms. The number of carbonyl (C=O) groups is 1. The van der Waals surface area contributed by atoms with Crippen molar-refractivity contribution in [2.45, 2.75) is 24.2 Å². The minimum absolute atomic E-state index is 0.217. The van der Waals surface area contributed by atoms with Crippen molar-refractivity contribution in [1.82, 2.24) is 0 Å². The molecule has 0 heterocycles. The van der Waals surface area contributed by atoms with Crippen LogP contribution in [0.4, 0.5) is 0 Å². The van der Waals surface area contributed by atoms with Gasteiger partial charge in [0.2, 0.25) is 0 Å². The third-order valence-electron chi connectivity index (χ3n) is 4.05. The summed E-state index contributed by atoms with van der Waals surface area (Å²) in [7, 11) is 0. The van der Waals surface area contributed by atoms with Gasteiger partial charge in [0, 0.05) is 6.42 Å². The van der Waals surface area contributed by atoms with Gasteiger partial charge in [-0.05, 0) is 34.1 Å². The number of benzene rings is 2. The van der Waals surface area contributed by atoms with Gasteiger partial charge in [0.05, 0.1) is 6.10 Å². The van der Waals surface area contributed by atoms with Crippen LogP contribution in [0.15, 0.2) is 48.5 Å². The normalized spacial score (nSPS) is 28.4. The van der Waals surface area contributed by atoms with Crippen LogP contribution in [0.2, 0.25) is 0 Å². The Bertz CT molecular complexity index is 766. The monoisotopic (exact) mass is 300 g/mol. The Hall–Kier alpha value is -2.21. The van der Waals surface area contributed by atoms with Crippen molar-refractivity contribution in [3.05, 3.63) is 54.1 Å². The van der Waals surface area contributed by atoms with Crippen LogP contribution in [-0.4, -0.2) is 44.2 Å². The van der Waals surface area contributed by atoms with Crippen LogP contribution in [0.1, 0.15) is 12.0 Å². The van der Waals surface area contributed by atoms with Crippen LogP contribution in [0.25, 0.3) is 16.3 Å². The van der Waals surface area contributed by atoms with Crippen molar-refractivity contribution >= 4 is 22.3 Å². The van der Waals surface area contributed by atoms with Crippen LogP contribution < -0.4 is 0 Å². The second-order valence-corrected chi connectivity index (χ2v) is 5.61. The van der Waals surface area contributed by atoms with E-state index in [0.717, 1.165) is 16.8 Å². The summed E-state index contributed by atoms with van der Waals surface area (Å²) in [6.45, 7) is 0. The molecule has 0 saturated carbocycles. The number of aliphatic hydroxyl groups excluding tert-OH is 2. The smallest absolute Gasteiger partial charge is 0.339 e. The van der Waals surface area contributed by atoms with E-state index in [4.69, 9.17) is 5.11 Å². The highest BCUT2D eigenvalue weighted by molar-refractivity contribution is 5.90. The lowest BCUT2D eigenvalue weighted by Gasteiger charge is -2.33. The van der Waals surface area contributed by atoms with E-state index in [1.54, 1.807) is 12.1 Å². The minimum Gasteiger partial charge on any atom is -0.479 e. The lowest BCUT2D eigenvalue weighted by Crippen LogP contribution is -2.47. The molecule has 0 spiro atoms. The van der Waals surface area contributed by atoms with Crippen LogP contribution in [0.3, 0.4) is 0 Å². The average Bonchev–Trinajstić information content (AvgIpc) is 2.50. The van der Waals surface area contributed by atoms with Gasteiger partial charge in [-0.15, -0.1) is 0 Å². The van der Waals surface area contributed by atoms with E-state index in [2.05, 4.69) is 0 Å². The third-order valence-corrected chi connectivity index (χ3v) is 4.05. The lowest BCUT2D eigenvalue weighted by atomic mass is 9.80. The molecular weight excluding hydrogens is 284 g/mol. The molecule has 0 saturated heterocycles. The van der Waals surface area contributed by atoms with E-state index in [1.807, 2.05) is 30.3 Å². The zero-order chi connectivity index (χ0) is 15.9. The molecule has 4 N–H and O–H groups in total. The molecule has 0 unspecified atom stereocenters. The molecule has 2 aromatic carbocycles. The number of aliphatic carboxylic acids is 1. The van der Waals surface area contributed by atoms with Gasteiger partial charge < -0.3 is 20.4 Å². The predicted molar refractivity (Wildman–Crippen MR) is 81.1 cm³/mol. The maximum absolute atomic E-state index is 11.2. The first kappa shape index (κ1) is 14.7. The van der Waals surface area contributed by atoms with Gasteiger partial charge in [-0.3, -0.25) is 0 Å². The maximum Gasteiger partial charge on any atom is 0.339 e. The van der Waals surface area contributed by atoms with Gasteiger partial charge in [0.1, 0.15) is 6.10 Å². The van der Waals surface area contributed by atoms with E-state index < -0.39 is 30.2 Å². The Morgan fingerprint density at radius 3 is 2.45 bits per heavy atom. The lowest BCUT2D eigenvalue weighted by molar-refractivity contribution is -0.157. The number of rotatable bonds is 2. The molecule has 2 aromatic rings. The molecule has 5 heteroatoms. The first-order valence-electron chi connectivity index (χ1n) is 6.94. The predicted octanol–water partition coefficient (Wildman–Crippen LogP) is 1.16. The molecule has 22 heavy (non-hydrogen) atoms. The van der Waals surface area contributed by atoms with Gasteiger partial charge in [-0.1, -0.05) is 36.4 Å². The van der Waals surface area contributed by atoms with Crippen LogP contribution in [0.5, 0.6) is 0 Å². The number of fused-ring (bicyclic) bond motifs is 1. The SMILES string of the molecule is O=C(O)[C@]1(O)C=C(c2ccc3ccccc3c2)[C@@H](O)[C@H](O)C1. The first-order valence-corrected chi connectivity index (χ1v) is 6.94. The molecular formula is C17H16O5. The first-order chi connectivity index (χ1) is 10.4. The molecule has 0 aromatic heterocycles. The topological polar surface area (TPSA) is 98.0 Å². The molecule has 1 aliphatic carbocycles. The second-order valence-electron chi connectivity index (χ2n) is 5.61. The summed E-state index contributed by atoms with van der Waals surface area (Å²) in [6, 6.07) is 13.0. The number of carboxylic acids is 1. The summed E-state index contributed by atoms with van der Waals surface area (Å²) in [5, 5.41) is 41.3. The number of carboxylic acid groups (broad SMARTS) is 1. The van der Waals surface area contributed by atoms with Crippen molar-refractivity contribution in [3.8, 4) is 0 Å². The molecule has 0 fully saturated rings. The quantitative estimate of drug-likeness (QED) is 0.667.